The summed E-state index contributed by atoms with van der Waals surface area (Å²) in [7, 11) is 0. The van der Waals surface area contributed by atoms with Gasteiger partial charge in [-0.25, -0.2) is 0 Å². The van der Waals surface area contributed by atoms with Crippen LogP contribution in [0.1, 0.15) is 104 Å². The molecule has 0 aromatic carbocycles. The maximum Gasteiger partial charge on any atom is 0.308 e. The molecule has 9 heteroatoms. The van der Waals surface area contributed by atoms with Crippen molar-refractivity contribution in [2.75, 3.05) is 46.1 Å². The molecular formula is C29H57N3O6. The van der Waals surface area contributed by atoms with Crippen molar-refractivity contribution in [3.8, 4) is 0 Å². The van der Waals surface area contributed by atoms with Crippen LogP contribution in [0.25, 0.3) is 0 Å². The predicted molar refractivity (Wildman–Crippen MR) is 150 cm³/mol. The summed E-state index contributed by atoms with van der Waals surface area (Å²) in [6.07, 6.45) is 15.4. The molecule has 38 heavy (non-hydrogen) atoms. The van der Waals surface area contributed by atoms with Crippen molar-refractivity contribution in [2.24, 2.45) is 5.41 Å². The summed E-state index contributed by atoms with van der Waals surface area (Å²) in [5, 5.41) is 43.9. The van der Waals surface area contributed by atoms with E-state index in [2.05, 4.69) is 35.5 Å². The number of hydrogen-bond acceptors (Lipinski definition) is 8. The van der Waals surface area contributed by atoms with E-state index >= 15 is 0 Å². The van der Waals surface area contributed by atoms with Crippen LogP contribution >= 0.6 is 0 Å². The van der Waals surface area contributed by atoms with Gasteiger partial charge in [-0.15, -0.1) is 0 Å². The first-order valence-corrected chi connectivity index (χ1v) is 15.3. The first-order chi connectivity index (χ1) is 18.3. The summed E-state index contributed by atoms with van der Waals surface area (Å²) >= 11 is 0. The molecule has 0 aliphatic carbocycles. The second-order valence-corrected chi connectivity index (χ2v) is 11.9. The number of carboxylic acid groups (broad SMARTS) is 1. The molecule has 0 aromatic rings. The average molecular weight is 544 g/mol. The minimum Gasteiger partial charge on any atom is -0.481 e. The Labute approximate surface area is 230 Å². The minimum absolute atomic E-state index is 0.256. The van der Waals surface area contributed by atoms with E-state index in [0.29, 0.717) is 18.1 Å². The highest BCUT2D eigenvalue weighted by Gasteiger charge is 2.67. The van der Waals surface area contributed by atoms with Gasteiger partial charge in [-0.1, -0.05) is 78.6 Å². The second-order valence-electron chi connectivity index (χ2n) is 11.9. The van der Waals surface area contributed by atoms with Crippen molar-refractivity contribution in [3.63, 3.8) is 0 Å². The quantitative estimate of drug-likeness (QED) is 0.110. The van der Waals surface area contributed by atoms with Crippen molar-refractivity contribution in [1.82, 2.24) is 14.7 Å². The highest BCUT2D eigenvalue weighted by molar-refractivity contribution is 5.68. The number of carbonyl (C=O) groups is 1. The molecule has 3 saturated heterocycles. The average Bonchev–Trinajstić information content (AvgIpc) is 3.79. The van der Waals surface area contributed by atoms with Crippen molar-refractivity contribution in [2.45, 2.75) is 128 Å². The lowest BCUT2D eigenvalue weighted by Crippen LogP contribution is -2.56. The van der Waals surface area contributed by atoms with E-state index < -0.39 is 37.8 Å². The monoisotopic (exact) mass is 543 g/mol. The second kappa shape index (κ2) is 16.5. The molecule has 5 N–H and O–H groups in total. The topological polar surface area (TPSA) is 127 Å². The van der Waals surface area contributed by atoms with E-state index in [1.54, 1.807) is 0 Å². The number of unbranched alkanes of at least 4 members (excludes halogenated alkanes) is 6. The van der Waals surface area contributed by atoms with Gasteiger partial charge in [0.05, 0.1) is 38.3 Å². The summed E-state index contributed by atoms with van der Waals surface area (Å²) in [5.41, 5.74) is -1.11. The zero-order chi connectivity index (χ0) is 28.2. The number of nitrogens with zero attached hydrogens (tertiary/aromatic N) is 3. The van der Waals surface area contributed by atoms with Crippen LogP contribution in [-0.4, -0.2) is 116 Å². The molecule has 6 atom stereocenters. The molecule has 9 nitrogen and oxygen atoms in total. The molecule has 0 aromatic heterocycles. The molecule has 3 fully saturated rings. The smallest absolute Gasteiger partial charge is 0.308 e. The van der Waals surface area contributed by atoms with Gasteiger partial charge < -0.3 is 25.5 Å². The van der Waals surface area contributed by atoms with Gasteiger partial charge in [0.2, 0.25) is 0 Å². The van der Waals surface area contributed by atoms with Crippen LogP contribution < -0.4 is 0 Å². The Morgan fingerprint density at radius 3 is 1.16 bits per heavy atom. The Morgan fingerprint density at radius 2 is 0.947 bits per heavy atom. The third kappa shape index (κ3) is 9.11. The molecule has 0 saturated carbocycles. The summed E-state index contributed by atoms with van der Waals surface area (Å²) in [6, 6.07) is 1.78. The van der Waals surface area contributed by atoms with Crippen LogP contribution in [0, 0.1) is 5.41 Å². The van der Waals surface area contributed by atoms with E-state index in [0.717, 1.165) is 19.6 Å². The van der Waals surface area contributed by atoms with Gasteiger partial charge in [0.25, 0.3) is 0 Å². The zero-order valence-corrected chi connectivity index (χ0v) is 24.4. The van der Waals surface area contributed by atoms with Crippen LogP contribution in [0.15, 0.2) is 0 Å². The van der Waals surface area contributed by atoms with Crippen LogP contribution in [0.4, 0.5) is 0 Å². The highest BCUT2D eigenvalue weighted by atomic mass is 16.4. The third-order valence-corrected chi connectivity index (χ3v) is 8.68. The Hall–Kier alpha value is -0.810. The van der Waals surface area contributed by atoms with Crippen molar-refractivity contribution in [3.05, 3.63) is 0 Å². The maximum atomic E-state index is 12.0. The number of aliphatic carboxylic acids is 1. The lowest BCUT2D eigenvalue weighted by Gasteiger charge is -2.39. The fourth-order valence-corrected chi connectivity index (χ4v) is 5.79. The van der Waals surface area contributed by atoms with Crippen molar-refractivity contribution < 1.29 is 30.3 Å². The molecule has 0 amide bonds. The molecule has 3 aliphatic rings. The van der Waals surface area contributed by atoms with Gasteiger partial charge >= 0.3 is 5.97 Å². The Bertz CT molecular complexity index is 599. The van der Waals surface area contributed by atoms with E-state index in [4.69, 9.17) is 20.4 Å². The number of hydrogen-bond donors (Lipinski definition) is 5. The van der Waals surface area contributed by atoms with Gasteiger partial charge in [0.15, 0.2) is 0 Å². The molecule has 0 bridgehead atoms. The highest BCUT2D eigenvalue weighted by Crippen LogP contribution is 2.51. The minimum atomic E-state index is -1.11. The maximum absolute atomic E-state index is 12.0. The third-order valence-electron chi connectivity index (χ3n) is 8.68. The lowest BCUT2D eigenvalue weighted by molar-refractivity contribution is -0.146. The molecule has 224 valence electrons. The normalized spacial score (nSPS) is 29.2. The van der Waals surface area contributed by atoms with Gasteiger partial charge in [0, 0.05) is 37.8 Å². The molecular weight excluding hydrogens is 486 g/mol. The molecule has 3 heterocycles. The SMILES string of the molecule is CCCCCC1CN1C(CC(=O)O)(N1CC1CCCCC)N1CC1CCCCC.OCC(CO)(CO)CO. The summed E-state index contributed by atoms with van der Waals surface area (Å²) < 4.78 is 0. The lowest BCUT2D eigenvalue weighted by atomic mass is 9.93. The first-order valence-electron chi connectivity index (χ1n) is 15.3. The fraction of sp³-hybridized carbons (Fsp3) is 0.966. The van der Waals surface area contributed by atoms with Gasteiger partial charge in [-0.3, -0.25) is 19.5 Å². The largest absolute Gasteiger partial charge is 0.481 e. The zero-order valence-electron chi connectivity index (χ0n) is 24.4. The Balaban J connectivity index is 0.000000484. The standard InChI is InChI=1S/C24H45N3O2.C5H12O4/c1-4-7-10-13-20-17-25(20)24(16-23(28)29,26-18-21(26)14-11-8-5-2)27-19-22(27)15-12-9-6-3;6-1-5(2-7,3-8)4-9/h20-22H,4-19H2,1-3H3,(H,28,29);6-9H,1-4H2. The molecule has 0 radical (unpaired) electrons. The van der Waals surface area contributed by atoms with Crippen LogP contribution in [0.5, 0.6) is 0 Å². The van der Waals surface area contributed by atoms with E-state index in [9.17, 15) is 9.90 Å². The van der Waals surface area contributed by atoms with Crippen LogP contribution in [0.3, 0.4) is 0 Å². The first kappa shape index (κ1) is 33.4. The van der Waals surface area contributed by atoms with E-state index in [1.807, 2.05) is 0 Å². The molecule has 3 rings (SSSR count). The van der Waals surface area contributed by atoms with Crippen molar-refractivity contribution in [1.29, 1.82) is 0 Å². The number of carboxylic acids is 1. The summed E-state index contributed by atoms with van der Waals surface area (Å²) in [4.78, 5) is 19.7. The van der Waals surface area contributed by atoms with Crippen LogP contribution in [0.2, 0.25) is 0 Å². The Kier molecular flexibility index (Phi) is 14.5. The van der Waals surface area contributed by atoms with E-state index in [-0.39, 0.29) is 12.2 Å². The number of rotatable bonds is 21. The molecule has 0 spiro atoms. The van der Waals surface area contributed by atoms with Crippen LogP contribution in [-0.2, 0) is 4.79 Å². The molecule has 6 unspecified atom stereocenters. The molecule has 3 aliphatic heterocycles. The van der Waals surface area contributed by atoms with Gasteiger partial charge in [0.1, 0.15) is 5.79 Å². The fourth-order valence-electron chi connectivity index (χ4n) is 5.79. The number of aliphatic hydroxyl groups excluding tert-OH is 4. The summed E-state index contributed by atoms with van der Waals surface area (Å²) in [5.74, 6) is -0.973. The van der Waals surface area contributed by atoms with Crippen molar-refractivity contribution >= 4 is 5.97 Å². The predicted octanol–water partition coefficient (Wildman–Crippen LogP) is 2.85. The van der Waals surface area contributed by atoms with Gasteiger partial charge in [-0.2, -0.15) is 0 Å². The van der Waals surface area contributed by atoms with Gasteiger partial charge in [-0.05, 0) is 19.3 Å². The van der Waals surface area contributed by atoms with E-state index in [1.165, 1.54) is 77.0 Å². The Morgan fingerprint density at radius 1 is 0.632 bits per heavy atom. The summed E-state index contributed by atoms with van der Waals surface area (Å²) in [6.45, 7) is 8.42. The number of aliphatic hydroxyl groups is 4.